The molecule has 0 aliphatic carbocycles. The van der Waals surface area contributed by atoms with E-state index in [2.05, 4.69) is 20.9 Å². The number of ether oxygens (including phenoxy) is 1. The second-order valence-corrected chi connectivity index (χ2v) is 7.20. The van der Waals surface area contributed by atoms with Crippen molar-refractivity contribution in [2.24, 2.45) is 4.99 Å². The Labute approximate surface area is 178 Å². The van der Waals surface area contributed by atoms with Gasteiger partial charge in [-0.3, -0.25) is 9.79 Å². The summed E-state index contributed by atoms with van der Waals surface area (Å²) in [4.78, 5) is 15.9. The zero-order valence-corrected chi connectivity index (χ0v) is 19.2. The number of amides is 1. The summed E-state index contributed by atoms with van der Waals surface area (Å²) < 4.78 is 5.74. The molecule has 1 aromatic rings. The number of rotatable bonds is 7. The van der Waals surface area contributed by atoms with E-state index in [0.717, 1.165) is 17.7 Å². The number of hydrogen-bond donors (Lipinski definition) is 3. The van der Waals surface area contributed by atoms with Gasteiger partial charge in [0.1, 0.15) is 5.75 Å². The lowest BCUT2D eigenvalue weighted by Crippen LogP contribution is -2.48. The van der Waals surface area contributed by atoms with E-state index in [9.17, 15) is 4.79 Å². The van der Waals surface area contributed by atoms with Crippen molar-refractivity contribution < 1.29 is 9.53 Å². The number of nitrogens with one attached hydrogen (secondary N) is 3. The molecule has 0 aromatic heterocycles. The number of hydrogen-bond acceptors (Lipinski definition) is 3. The van der Waals surface area contributed by atoms with Crippen LogP contribution in [0.1, 0.15) is 32.8 Å². The third-order valence-electron chi connectivity index (χ3n) is 3.16. The minimum Gasteiger partial charge on any atom is -0.493 e. The van der Waals surface area contributed by atoms with Crippen molar-refractivity contribution in [3.05, 3.63) is 28.8 Å². The highest BCUT2D eigenvalue weighted by Gasteiger charge is 2.13. The number of halogens is 2. The van der Waals surface area contributed by atoms with Crippen LogP contribution in [0.5, 0.6) is 5.75 Å². The second-order valence-electron chi connectivity index (χ2n) is 6.76. The summed E-state index contributed by atoms with van der Waals surface area (Å²) in [6, 6.07) is 5.57. The molecule has 0 fully saturated rings. The monoisotopic (exact) mass is 496 g/mol. The maximum absolute atomic E-state index is 11.8. The van der Waals surface area contributed by atoms with E-state index < -0.39 is 0 Å². The molecule has 0 bridgehead atoms. The Hall–Kier alpha value is -1.22. The molecule has 1 rings (SSSR count). The lowest BCUT2D eigenvalue weighted by molar-refractivity contribution is -0.121. The fraction of sp³-hybridized carbons (Fsp3) is 0.556. The molecule has 0 atom stereocenters. The van der Waals surface area contributed by atoms with Crippen molar-refractivity contribution in [1.29, 1.82) is 0 Å². The van der Waals surface area contributed by atoms with Crippen LogP contribution in [0.3, 0.4) is 0 Å². The predicted molar refractivity (Wildman–Crippen MR) is 119 cm³/mol. The fourth-order valence-corrected chi connectivity index (χ4v) is 2.31. The largest absolute Gasteiger partial charge is 0.493 e. The minimum atomic E-state index is -0.243. The average Bonchev–Trinajstić information content (AvgIpc) is 2.50. The van der Waals surface area contributed by atoms with Crippen LogP contribution >= 0.6 is 35.6 Å². The molecule has 0 unspecified atom stereocenters. The standard InChI is InChI=1S/C18H29ClN4O2.HI/c1-13-11-14(19)7-8-15(13)25-10-6-9-21-17(20-5)22-12-16(24)23-18(2,3)4;/h7-8,11H,6,9-10,12H2,1-5H3,(H,23,24)(H2,20,21,22);1H. The predicted octanol–water partition coefficient (Wildman–Crippen LogP) is 3.12. The van der Waals surface area contributed by atoms with Gasteiger partial charge in [0.15, 0.2) is 5.96 Å². The smallest absolute Gasteiger partial charge is 0.239 e. The van der Waals surface area contributed by atoms with Crippen molar-refractivity contribution in [2.45, 2.75) is 39.7 Å². The van der Waals surface area contributed by atoms with Gasteiger partial charge in [-0.2, -0.15) is 0 Å². The van der Waals surface area contributed by atoms with Gasteiger partial charge < -0.3 is 20.7 Å². The quantitative estimate of drug-likeness (QED) is 0.235. The SMILES string of the molecule is CN=C(NCCCOc1ccc(Cl)cc1C)NCC(=O)NC(C)(C)C.I. The van der Waals surface area contributed by atoms with Gasteiger partial charge in [-0.25, -0.2) is 0 Å². The van der Waals surface area contributed by atoms with Crippen molar-refractivity contribution in [2.75, 3.05) is 26.7 Å². The zero-order chi connectivity index (χ0) is 18.9. The molecule has 1 aromatic carbocycles. The Morgan fingerprint density at radius 1 is 1.27 bits per heavy atom. The number of guanidine groups is 1. The molecule has 6 nitrogen and oxygen atoms in total. The van der Waals surface area contributed by atoms with Crippen LogP contribution in [-0.4, -0.2) is 44.1 Å². The molecule has 0 aliphatic heterocycles. The first kappa shape index (κ1) is 24.8. The van der Waals surface area contributed by atoms with E-state index in [4.69, 9.17) is 16.3 Å². The molecule has 148 valence electrons. The number of benzene rings is 1. The fourth-order valence-electron chi connectivity index (χ4n) is 2.08. The van der Waals surface area contributed by atoms with Crippen LogP contribution < -0.4 is 20.7 Å². The van der Waals surface area contributed by atoms with E-state index in [1.165, 1.54) is 0 Å². The van der Waals surface area contributed by atoms with Crippen LogP contribution in [-0.2, 0) is 4.79 Å². The van der Waals surface area contributed by atoms with Gasteiger partial charge >= 0.3 is 0 Å². The van der Waals surface area contributed by atoms with E-state index >= 15 is 0 Å². The van der Waals surface area contributed by atoms with Gasteiger partial charge in [-0.05, 0) is 57.9 Å². The third-order valence-corrected chi connectivity index (χ3v) is 3.40. The maximum Gasteiger partial charge on any atom is 0.239 e. The van der Waals surface area contributed by atoms with E-state index in [0.29, 0.717) is 24.1 Å². The lowest BCUT2D eigenvalue weighted by atomic mass is 10.1. The lowest BCUT2D eigenvalue weighted by Gasteiger charge is -2.21. The molecule has 0 heterocycles. The van der Waals surface area contributed by atoms with Crippen LogP contribution in [0, 0.1) is 6.92 Å². The number of aryl methyl sites for hydroxylation is 1. The molecule has 0 aliphatic rings. The molecular weight excluding hydrogens is 467 g/mol. The van der Waals surface area contributed by atoms with Gasteiger partial charge in [0.2, 0.25) is 5.91 Å². The van der Waals surface area contributed by atoms with Gasteiger partial charge in [-0.1, -0.05) is 11.6 Å². The number of nitrogens with zero attached hydrogens (tertiary/aromatic N) is 1. The Morgan fingerprint density at radius 3 is 2.54 bits per heavy atom. The topological polar surface area (TPSA) is 74.8 Å². The highest BCUT2D eigenvalue weighted by Crippen LogP contribution is 2.21. The summed E-state index contributed by atoms with van der Waals surface area (Å²) in [5.41, 5.74) is 0.773. The first-order chi connectivity index (χ1) is 11.7. The van der Waals surface area contributed by atoms with Crippen LogP contribution in [0.25, 0.3) is 0 Å². The van der Waals surface area contributed by atoms with Gasteiger partial charge in [0.25, 0.3) is 0 Å². The Balaban J connectivity index is 0.00000625. The van der Waals surface area contributed by atoms with Gasteiger partial charge in [0.05, 0.1) is 13.2 Å². The summed E-state index contributed by atoms with van der Waals surface area (Å²) in [5, 5.41) is 9.74. The summed E-state index contributed by atoms with van der Waals surface area (Å²) in [6.45, 7) is 9.25. The average molecular weight is 497 g/mol. The zero-order valence-electron chi connectivity index (χ0n) is 16.1. The Morgan fingerprint density at radius 2 is 1.96 bits per heavy atom. The highest BCUT2D eigenvalue weighted by atomic mass is 127. The molecule has 0 radical (unpaired) electrons. The Kier molecular flexibility index (Phi) is 11.6. The first-order valence-corrected chi connectivity index (χ1v) is 8.73. The summed E-state index contributed by atoms with van der Waals surface area (Å²) >= 11 is 5.92. The molecule has 3 N–H and O–H groups in total. The molecule has 0 saturated heterocycles. The van der Waals surface area contributed by atoms with Crippen molar-refractivity contribution in [3.8, 4) is 5.75 Å². The van der Waals surface area contributed by atoms with Gasteiger partial charge in [0, 0.05) is 24.2 Å². The number of carbonyl (C=O) groups excluding carboxylic acids is 1. The molecular formula is C18H30ClIN4O2. The Bertz CT molecular complexity index is 603. The number of aliphatic imine (C=N–C) groups is 1. The van der Waals surface area contributed by atoms with Crippen LogP contribution in [0.4, 0.5) is 0 Å². The molecule has 26 heavy (non-hydrogen) atoms. The maximum atomic E-state index is 11.8. The van der Waals surface area contributed by atoms with Crippen molar-refractivity contribution in [1.82, 2.24) is 16.0 Å². The highest BCUT2D eigenvalue weighted by molar-refractivity contribution is 14.0. The van der Waals surface area contributed by atoms with E-state index in [-0.39, 0.29) is 42.0 Å². The van der Waals surface area contributed by atoms with E-state index in [1.807, 2.05) is 45.9 Å². The molecule has 8 heteroatoms. The summed E-state index contributed by atoms with van der Waals surface area (Å²) in [7, 11) is 1.67. The minimum absolute atomic E-state index is 0. The van der Waals surface area contributed by atoms with Crippen LogP contribution in [0.2, 0.25) is 5.02 Å². The first-order valence-electron chi connectivity index (χ1n) is 8.36. The summed E-state index contributed by atoms with van der Waals surface area (Å²) in [6.07, 6.45) is 0.803. The molecule has 0 spiro atoms. The van der Waals surface area contributed by atoms with Crippen molar-refractivity contribution in [3.63, 3.8) is 0 Å². The second kappa shape index (κ2) is 12.2. The third kappa shape index (κ3) is 10.7. The van der Waals surface area contributed by atoms with Crippen LogP contribution in [0.15, 0.2) is 23.2 Å². The van der Waals surface area contributed by atoms with Crippen molar-refractivity contribution >= 4 is 47.4 Å². The number of carbonyl (C=O) groups is 1. The normalized spacial score (nSPS) is 11.4. The van der Waals surface area contributed by atoms with Gasteiger partial charge in [-0.15, -0.1) is 24.0 Å². The molecule has 0 saturated carbocycles. The van der Waals surface area contributed by atoms with E-state index in [1.54, 1.807) is 7.05 Å². The molecule has 1 amide bonds. The summed E-state index contributed by atoms with van der Waals surface area (Å²) in [5.74, 6) is 1.36.